The minimum Gasteiger partial charge on any atom is -0.393 e. The van der Waals surface area contributed by atoms with Gasteiger partial charge >= 0.3 is 0 Å². The summed E-state index contributed by atoms with van der Waals surface area (Å²) in [5, 5.41) is 70.8. The van der Waals surface area contributed by atoms with Crippen LogP contribution in [0, 0.1) is 5.41 Å². The van der Waals surface area contributed by atoms with Crippen LogP contribution in [0.4, 0.5) is 0 Å². The lowest BCUT2D eigenvalue weighted by atomic mass is 9.81. The monoisotopic (exact) mass is 408 g/mol. The summed E-state index contributed by atoms with van der Waals surface area (Å²) in [6.45, 7) is 0.569. The van der Waals surface area contributed by atoms with E-state index in [1.54, 1.807) is 0 Å². The van der Waals surface area contributed by atoms with Gasteiger partial charge in [-0.2, -0.15) is 0 Å². The minimum absolute atomic E-state index is 0.462. The Morgan fingerprint density at radius 3 is 2.25 bits per heavy atom. The molecule has 1 heterocycles. The Bertz CT molecular complexity index is 606. The Hall–Kier alpha value is -1.78. The summed E-state index contributed by atoms with van der Waals surface area (Å²) < 4.78 is 10.8. The number of aliphatic hydroxyl groups excluding tert-OH is 5. The van der Waals surface area contributed by atoms with Crippen LogP contribution in [0.25, 0.3) is 0 Å². The number of nitrogens with two attached hydrogens (primary N) is 3. The molecule has 0 spiro atoms. The second-order valence-electron chi connectivity index (χ2n) is 6.94. The number of nitrogens with zero attached hydrogens (tertiary/aromatic N) is 1. The maximum Gasteiger partial charge on any atom is 0.187 e. The van der Waals surface area contributed by atoms with E-state index in [0.29, 0.717) is 0 Å². The molecule has 10 atom stereocenters. The first-order chi connectivity index (χ1) is 12.9. The number of aliphatic hydroxyl groups is 6. The lowest BCUT2D eigenvalue weighted by Gasteiger charge is -2.45. The summed E-state index contributed by atoms with van der Waals surface area (Å²) in [5.74, 6) is -1.04. The third kappa shape index (κ3) is 3.99. The maximum absolute atomic E-state index is 10.5. The van der Waals surface area contributed by atoms with Gasteiger partial charge in [0.15, 0.2) is 18.2 Å². The summed E-state index contributed by atoms with van der Waals surface area (Å²) in [6, 6.07) is -2.66. The first kappa shape index (κ1) is 22.5. The summed E-state index contributed by atoms with van der Waals surface area (Å²) in [5.41, 5.74) is 14.0. The van der Waals surface area contributed by atoms with Gasteiger partial charge in [-0.05, 0) is 6.92 Å². The predicted molar refractivity (Wildman–Crippen MR) is 93.7 cm³/mol. The predicted octanol–water partition coefficient (Wildman–Crippen LogP) is -6.21. The van der Waals surface area contributed by atoms with E-state index in [9.17, 15) is 30.6 Å². The Morgan fingerprint density at radius 1 is 1.18 bits per heavy atom. The number of aliphatic imine (C=N–C) groups is 1. The molecule has 28 heavy (non-hydrogen) atoms. The van der Waals surface area contributed by atoms with Gasteiger partial charge in [0.05, 0.1) is 18.8 Å². The van der Waals surface area contributed by atoms with Crippen LogP contribution >= 0.6 is 0 Å². The molecule has 0 aromatic rings. The number of hydrogen-bond acceptors (Lipinski definition) is 10. The summed E-state index contributed by atoms with van der Waals surface area (Å²) >= 11 is 0. The van der Waals surface area contributed by atoms with Crippen LogP contribution in [0.1, 0.15) is 6.92 Å². The number of rotatable bonds is 5. The van der Waals surface area contributed by atoms with Crippen molar-refractivity contribution in [2.75, 3.05) is 6.61 Å². The van der Waals surface area contributed by atoms with Gasteiger partial charge in [-0.25, -0.2) is 4.99 Å². The molecule has 2 fully saturated rings. The molecule has 1 aliphatic heterocycles. The van der Waals surface area contributed by atoms with Crippen LogP contribution in [0.5, 0.6) is 0 Å². The molecule has 1 saturated heterocycles. The van der Waals surface area contributed by atoms with Crippen molar-refractivity contribution in [1.29, 1.82) is 5.41 Å². The SMILES string of the molecule is C[C@@H]1O[C@@H](O[C@@H]2[C@@H](O)[C@H](O)[C@@H](NC(=N)N)[C@H](O)[C@H]2N=C(N)N)[C@H](O)[C@@]1(O)CO. The van der Waals surface area contributed by atoms with E-state index in [2.05, 4.69) is 10.3 Å². The summed E-state index contributed by atoms with van der Waals surface area (Å²) in [4.78, 5) is 3.81. The van der Waals surface area contributed by atoms with Crippen molar-refractivity contribution < 1.29 is 40.1 Å². The Labute approximate surface area is 160 Å². The molecular formula is C14H28N6O8. The first-order valence-corrected chi connectivity index (χ1v) is 8.49. The fourth-order valence-corrected chi connectivity index (χ4v) is 3.40. The van der Waals surface area contributed by atoms with Crippen LogP contribution in [0.2, 0.25) is 0 Å². The third-order valence-electron chi connectivity index (χ3n) is 5.09. The van der Waals surface area contributed by atoms with E-state index in [1.165, 1.54) is 6.92 Å². The van der Waals surface area contributed by atoms with Crippen LogP contribution in [-0.4, -0.2) is 110 Å². The van der Waals surface area contributed by atoms with Gasteiger partial charge in [-0.1, -0.05) is 0 Å². The molecule has 1 aliphatic carbocycles. The molecule has 0 radical (unpaired) electrons. The minimum atomic E-state index is -2.02. The summed E-state index contributed by atoms with van der Waals surface area (Å²) in [6.07, 6.45) is -10.7. The van der Waals surface area contributed by atoms with Gasteiger partial charge in [-0.15, -0.1) is 0 Å². The fourth-order valence-electron chi connectivity index (χ4n) is 3.40. The molecule has 162 valence electrons. The average molecular weight is 408 g/mol. The van der Waals surface area contributed by atoms with Crippen molar-refractivity contribution in [2.45, 2.75) is 67.5 Å². The topological polar surface area (TPSA) is 266 Å². The highest BCUT2D eigenvalue weighted by Gasteiger charge is 2.57. The molecule has 0 amide bonds. The van der Waals surface area contributed by atoms with Crippen molar-refractivity contribution in [2.24, 2.45) is 22.2 Å². The van der Waals surface area contributed by atoms with E-state index in [0.717, 1.165) is 0 Å². The largest absolute Gasteiger partial charge is 0.393 e. The number of nitrogens with one attached hydrogen (secondary N) is 2. The zero-order chi connectivity index (χ0) is 21.4. The second-order valence-corrected chi connectivity index (χ2v) is 6.94. The van der Waals surface area contributed by atoms with Crippen molar-refractivity contribution >= 4 is 11.9 Å². The quantitative estimate of drug-likeness (QED) is 0.150. The highest BCUT2D eigenvalue weighted by Crippen LogP contribution is 2.35. The Kier molecular flexibility index (Phi) is 6.67. The smallest absolute Gasteiger partial charge is 0.187 e. The van der Waals surface area contributed by atoms with Crippen LogP contribution in [0.3, 0.4) is 0 Å². The maximum atomic E-state index is 10.5. The van der Waals surface area contributed by atoms with Crippen molar-refractivity contribution in [3.8, 4) is 0 Å². The van der Waals surface area contributed by atoms with Crippen molar-refractivity contribution in [1.82, 2.24) is 5.32 Å². The highest BCUT2D eigenvalue weighted by atomic mass is 16.7. The van der Waals surface area contributed by atoms with Crippen LogP contribution < -0.4 is 22.5 Å². The molecule has 2 aliphatic rings. The van der Waals surface area contributed by atoms with E-state index in [-0.39, 0.29) is 0 Å². The van der Waals surface area contributed by atoms with Gasteiger partial charge in [0.25, 0.3) is 0 Å². The molecule has 0 aromatic carbocycles. The van der Waals surface area contributed by atoms with E-state index >= 15 is 0 Å². The van der Waals surface area contributed by atoms with Gasteiger partial charge in [0, 0.05) is 0 Å². The molecule has 0 bridgehead atoms. The highest BCUT2D eigenvalue weighted by molar-refractivity contribution is 5.76. The normalized spacial score (nSPS) is 46.2. The Balaban J connectivity index is 2.31. The molecule has 0 unspecified atom stereocenters. The fraction of sp³-hybridized carbons (Fsp3) is 0.857. The second kappa shape index (κ2) is 8.30. The van der Waals surface area contributed by atoms with Crippen molar-refractivity contribution in [3.05, 3.63) is 0 Å². The zero-order valence-electron chi connectivity index (χ0n) is 15.1. The van der Waals surface area contributed by atoms with Gasteiger partial charge in [0.2, 0.25) is 0 Å². The summed E-state index contributed by atoms with van der Waals surface area (Å²) in [7, 11) is 0. The Morgan fingerprint density at radius 2 is 1.79 bits per heavy atom. The molecule has 14 heteroatoms. The van der Waals surface area contributed by atoms with Crippen LogP contribution in [-0.2, 0) is 9.47 Å². The zero-order valence-corrected chi connectivity index (χ0v) is 15.1. The van der Waals surface area contributed by atoms with Gasteiger partial charge < -0.3 is 62.6 Å². The average Bonchev–Trinajstić information content (AvgIpc) is 2.83. The number of hydrogen-bond donors (Lipinski definition) is 11. The molecular weight excluding hydrogens is 380 g/mol. The molecule has 1 saturated carbocycles. The van der Waals surface area contributed by atoms with Crippen molar-refractivity contribution in [3.63, 3.8) is 0 Å². The molecule has 0 aromatic heterocycles. The standard InChI is InChI=1S/C14H28N6O8/c1-3-14(26,2-21)10(25)11(27-3)28-9-5(20-13(17)18)6(22)4(19-12(15)16)7(23)8(9)24/h3-11,21-26H,2H2,1H3,(H4,15,16,19)(H4,17,18,20)/t3-,4-,5+,6-,7+,8-,9-,10-,11-,14+/m0/s1. The van der Waals surface area contributed by atoms with Crippen LogP contribution in [0.15, 0.2) is 4.99 Å². The van der Waals surface area contributed by atoms with E-state index < -0.39 is 79.1 Å². The van der Waals surface area contributed by atoms with E-state index in [4.69, 9.17) is 32.1 Å². The third-order valence-corrected chi connectivity index (χ3v) is 5.09. The number of ether oxygens (including phenoxy) is 2. The number of guanidine groups is 2. The molecule has 14 nitrogen and oxygen atoms in total. The van der Waals surface area contributed by atoms with Gasteiger partial charge in [-0.3, -0.25) is 5.41 Å². The first-order valence-electron chi connectivity index (χ1n) is 8.49. The lowest BCUT2D eigenvalue weighted by molar-refractivity contribution is -0.243. The van der Waals surface area contributed by atoms with Gasteiger partial charge in [0.1, 0.15) is 42.2 Å². The molecule has 2 rings (SSSR count). The lowest BCUT2D eigenvalue weighted by Crippen LogP contribution is -2.69. The van der Waals surface area contributed by atoms with E-state index in [1.807, 2.05) is 0 Å². The molecule has 14 N–H and O–H groups in total.